The minimum absolute atomic E-state index is 0.125. The molecule has 0 aromatic heterocycles. The lowest BCUT2D eigenvalue weighted by molar-refractivity contribution is 0.489. The van der Waals surface area contributed by atoms with E-state index in [1.54, 1.807) is 0 Å². The molecule has 0 radical (unpaired) electrons. The summed E-state index contributed by atoms with van der Waals surface area (Å²) in [7, 11) is 0. The zero-order valence-corrected chi connectivity index (χ0v) is 23.9. The fraction of sp³-hybridized carbons (Fsp3) is 0.438. The van der Waals surface area contributed by atoms with Gasteiger partial charge in [-0.15, -0.1) is 34.8 Å². The van der Waals surface area contributed by atoms with E-state index in [4.69, 9.17) is 34.8 Å². The van der Waals surface area contributed by atoms with E-state index in [0.29, 0.717) is 17.8 Å². The molecule has 4 atom stereocenters. The SMILES string of the molecule is CC(CC(CC(C)c1ccccc1)c1ccccc1)c1ccccc1.CC(Cl)CC(Cl)CC(C)Cl. The van der Waals surface area contributed by atoms with E-state index in [1.807, 2.05) is 13.8 Å². The number of hydrogen-bond donors (Lipinski definition) is 0. The molecule has 0 fully saturated rings. The van der Waals surface area contributed by atoms with Crippen LogP contribution in [0.15, 0.2) is 91.0 Å². The normalized spacial score (nSPS) is 16.2. The van der Waals surface area contributed by atoms with Gasteiger partial charge in [-0.3, -0.25) is 0 Å². The average Bonchev–Trinajstić information content (AvgIpc) is 2.84. The highest BCUT2D eigenvalue weighted by atomic mass is 35.5. The topological polar surface area (TPSA) is 0 Å². The second-order valence-corrected chi connectivity index (χ2v) is 11.9. The van der Waals surface area contributed by atoms with E-state index in [0.717, 1.165) is 12.8 Å². The molecule has 0 saturated carbocycles. The molecule has 0 saturated heterocycles. The first-order chi connectivity index (χ1) is 16.8. The van der Waals surface area contributed by atoms with Crippen LogP contribution in [0, 0.1) is 0 Å². The Hall–Kier alpha value is -1.47. The molecule has 3 rings (SSSR count). The Kier molecular flexibility index (Phi) is 13.9. The summed E-state index contributed by atoms with van der Waals surface area (Å²) in [5.74, 6) is 1.70. The van der Waals surface area contributed by atoms with E-state index >= 15 is 0 Å². The lowest BCUT2D eigenvalue weighted by atomic mass is 9.80. The average molecular weight is 532 g/mol. The fourth-order valence-corrected chi connectivity index (χ4v) is 5.73. The number of alkyl halides is 3. The first-order valence-electron chi connectivity index (χ1n) is 12.8. The van der Waals surface area contributed by atoms with E-state index in [1.165, 1.54) is 29.5 Å². The summed E-state index contributed by atoms with van der Waals surface area (Å²) in [5.41, 5.74) is 4.35. The summed E-state index contributed by atoms with van der Waals surface area (Å²) in [6, 6.07) is 32.9. The zero-order chi connectivity index (χ0) is 25.6. The van der Waals surface area contributed by atoms with Crippen molar-refractivity contribution in [2.45, 2.75) is 87.3 Å². The van der Waals surface area contributed by atoms with Crippen molar-refractivity contribution in [1.29, 1.82) is 0 Å². The molecule has 0 nitrogen and oxygen atoms in total. The van der Waals surface area contributed by atoms with Gasteiger partial charge in [-0.25, -0.2) is 0 Å². The van der Waals surface area contributed by atoms with E-state index in [9.17, 15) is 0 Å². The Bertz CT molecular complexity index is 852. The Morgan fingerprint density at radius 2 is 0.771 bits per heavy atom. The third kappa shape index (κ3) is 11.9. The monoisotopic (exact) mass is 530 g/mol. The number of rotatable bonds is 11. The summed E-state index contributed by atoms with van der Waals surface area (Å²) in [4.78, 5) is 0. The molecule has 0 aliphatic heterocycles. The molecule has 0 N–H and O–H groups in total. The summed E-state index contributed by atoms with van der Waals surface area (Å²) >= 11 is 17.4. The maximum atomic E-state index is 5.90. The fourth-order valence-electron chi connectivity index (χ4n) is 4.58. The van der Waals surface area contributed by atoms with Gasteiger partial charge in [-0.2, -0.15) is 0 Å². The number of hydrogen-bond acceptors (Lipinski definition) is 0. The highest BCUT2D eigenvalue weighted by molar-refractivity contribution is 6.24. The van der Waals surface area contributed by atoms with Crippen LogP contribution in [0.5, 0.6) is 0 Å². The molecular formula is C32H41Cl3. The van der Waals surface area contributed by atoms with Crippen molar-refractivity contribution in [3.8, 4) is 0 Å². The highest BCUT2D eigenvalue weighted by Gasteiger charge is 2.20. The smallest absolute Gasteiger partial charge is 0.0363 e. The van der Waals surface area contributed by atoms with Crippen molar-refractivity contribution >= 4 is 34.8 Å². The largest absolute Gasteiger partial charge is 0.123 e. The summed E-state index contributed by atoms with van der Waals surface area (Å²) < 4.78 is 0. The molecule has 3 aromatic rings. The Morgan fingerprint density at radius 1 is 0.457 bits per heavy atom. The van der Waals surface area contributed by atoms with E-state index in [2.05, 4.69) is 105 Å². The molecule has 3 heteroatoms. The Morgan fingerprint density at radius 3 is 1.09 bits per heavy atom. The predicted molar refractivity (Wildman–Crippen MR) is 158 cm³/mol. The molecule has 0 aliphatic rings. The van der Waals surface area contributed by atoms with Gasteiger partial charge in [0.25, 0.3) is 0 Å². The quantitative estimate of drug-likeness (QED) is 0.216. The molecule has 0 amide bonds. The maximum absolute atomic E-state index is 5.90. The van der Waals surface area contributed by atoms with Crippen LogP contribution in [-0.4, -0.2) is 16.1 Å². The predicted octanol–water partition coefficient (Wildman–Crippen LogP) is 10.8. The Labute approximate surface area is 229 Å². The summed E-state index contributed by atoms with van der Waals surface area (Å²) in [6.07, 6.45) is 4.04. The van der Waals surface area contributed by atoms with E-state index in [-0.39, 0.29) is 16.1 Å². The summed E-state index contributed by atoms with van der Waals surface area (Å²) in [5, 5.41) is 0.427. The third-order valence-corrected chi connectivity index (χ3v) is 7.16. The first kappa shape index (κ1) is 29.8. The molecule has 3 aromatic carbocycles. The molecule has 190 valence electrons. The van der Waals surface area contributed by atoms with Crippen LogP contribution in [-0.2, 0) is 0 Å². The van der Waals surface area contributed by atoms with Crippen molar-refractivity contribution in [3.63, 3.8) is 0 Å². The minimum atomic E-state index is 0.125. The van der Waals surface area contributed by atoms with Gasteiger partial charge in [0.05, 0.1) is 0 Å². The maximum Gasteiger partial charge on any atom is 0.0363 e. The van der Waals surface area contributed by atoms with E-state index < -0.39 is 0 Å². The molecule has 35 heavy (non-hydrogen) atoms. The van der Waals surface area contributed by atoms with Gasteiger partial charge in [-0.05, 0) is 74.0 Å². The van der Waals surface area contributed by atoms with Crippen LogP contribution < -0.4 is 0 Å². The molecule has 0 aliphatic carbocycles. The molecule has 4 unspecified atom stereocenters. The third-order valence-electron chi connectivity index (χ3n) is 6.45. The number of halogens is 3. The second-order valence-electron chi connectivity index (χ2n) is 9.83. The van der Waals surface area contributed by atoms with Crippen LogP contribution in [0.25, 0.3) is 0 Å². The van der Waals surface area contributed by atoms with Crippen molar-refractivity contribution in [2.24, 2.45) is 0 Å². The van der Waals surface area contributed by atoms with Crippen LogP contribution in [0.3, 0.4) is 0 Å². The molecule has 0 bridgehead atoms. The zero-order valence-electron chi connectivity index (χ0n) is 21.6. The standard InChI is InChI=1S/C25H28.C7H13Cl3/c1-20(22-12-6-3-7-13-22)18-25(24-16-10-5-11-17-24)19-21(2)23-14-8-4-9-15-23;1-5(8)3-7(10)4-6(2)9/h3-17,20-21,25H,18-19H2,1-2H3;5-7H,3-4H2,1-2H3. The first-order valence-corrected chi connectivity index (χ1v) is 14.1. The van der Waals surface area contributed by atoms with Crippen LogP contribution in [0.1, 0.15) is 87.8 Å². The van der Waals surface area contributed by atoms with Gasteiger partial charge in [0.2, 0.25) is 0 Å². The van der Waals surface area contributed by atoms with Gasteiger partial charge in [-0.1, -0.05) is 105 Å². The summed E-state index contributed by atoms with van der Waals surface area (Å²) in [6.45, 7) is 8.60. The number of benzene rings is 3. The Balaban J connectivity index is 0.000000367. The minimum Gasteiger partial charge on any atom is -0.123 e. The van der Waals surface area contributed by atoms with Crippen molar-refractivity contribution in [2.75, 3.05) is 0 Å². The van der Waals surface area contributed by atoms with Crippen LogP contribution >= 0.6 is 34.8 Å². The molecule has 0 heterocycles. The molecule has 0 spiro atoms. The highest BCUT2D eigenvalue weighted by Crippen LogP contribution is 2.36. The second kappa shape index (κ2) is 16.3. The van der Waals surface area contributed by atoms with Crippen molar-refractivity contribution in [1.82, 2.24) is 0 Å². The van der Waals surface area contributed by atoms with Gasteiger partial charge in [0.15, 0.2) is 0 Å². The van der Waals surface area contributed by atoms with Gasteiger partial charge < -0.3 is 0 Å². The van der Waals surface area contributed by atoms with Crippen LogP contribution in [0.4, 0.5) is 0 Å². The lowest BCUT2D eigenvalue weighted by Crippen LogP contribution is -2.09. The van der Waals surface area contributed by atoms with Gasteiger partial charge >= 0.3 is 0 Å². The van der Waals surface area contributed by atoms with Crippen molar-refractivity contribution in [3.05, 3.63) is 108 Å². The van der Waals surface area contributed by atoms with Gasteiger partial charge in [0.1, 0.15) is 0 Å². The van der Waals surface area contributed by atoms with Crippen molar-refractivity contribution < 1.29 is 0 Å². The van der Waals surface area contributed by atoms with Crippen LogP contribution in [0.2, 0.25) is 0 Å². The molecular weight excluding hydrogens is 491 g/mol. The van der Waals surface area contributed by atoms with Gasteiger partial charge in [0, 0.05) is 16.1 Å². The lowest BCUT2D eigenvalue weighted by Gasteiger charge is -2.25.